The van der Waals surface area contributed by atoms with Crippen LogP contribution < -0.4 is 0 Å². The highest BCUT2D eigenvalue weighted by atomic mass is 35.5. The van der Waals surface area contributed by atoms with Crippen molar-refractivity contribution in [2.24, 2.45) is 0 Å². The molecule has 21 heavy (non-hydrogen) atoms. The first-order valence-electron chi connectivity index (χ1n) is 6.41. The number of halogens is 1. The van der Waals surface area contributed by atoms with Crippen molar-refractivity contribution in [3.8, 4) is 5.69 Å². The van der Waals surface area contributed by atoms with Crippen molar-refractivity contribution in [3.05, 3.63) is 47.5 Å². The zero-order chi connectivity index (χ0) is 15.5. The highest BCUT2D eigenvalue weighted by Crippen LogP contribution is 2.20. The van der Waals surface area contributed by atoms with Crippen LogP contribution in [0.25, 0.3) is 11.8 Å². The average Bonchev–Trinajstić information content (AvgIpc) is 2.88. The van der Waals surface area contributed by atoms with Crippen LogP contribution in [0.15, 0.2) is 36.9 Å². The molecule has 0 amide bonds. The van der Waals surface area contributed by atoms with Crippen LogP contribution in [-0.2, 0) is 9.53 Å². The number of benzene rings is 1. The van der Waals surface area contributed by atoms with Gasteiger partial charge >= 0.3 is 5.97 Å². The highest BCUT2D eigenvalue weighted by Gasteiger charge is 2.14. The van der Waals surface area contributed by atoms with E-state index in [0.717, 1.165) is 11.3 Å². The smallest absolute Gasteiger partial charge is 0.331 e. The van der Waals surface area contributed by atoms with E-state index >= 15 is 0 Å². The van der Waals surface area contributed by atoms with Gasteiger partial charge in [-0.3, -0.25) is 0 Å². The number of ether oxygens (including phenoxy) is 1. The van der Waals surface area contributed by atoms with E-state index in [-0.39, 0.29) is 0 Å². The first-order chi connectivity index (χ1) is 9.85. The summed E-state index contributed by atoms with van der Waals surface area (Å²) in [5, 5.41) is 4.65. The Kier molecular flexibility index (Phi) is 4.43. The van der Waals surface area contributed by atoms with E-state index in [9.17, 15) is 4.79 Å². The molecule has 0 atom stereocenters. The molecule has 2 rings (SSSR count). The molecule has 0 unspecified atom stereocenters. The summed E-state index contributed by atoms with van der Waals surface area (Å²) >= 11 is 6.00. The Bertz CT molecular complexity index is 658. The zero-order valence-corrected chi connectivity index (χ0v) is 12.8. The minimum atomic E-state index is -0.523. The summed E-state index contributed by atoms with van der Waals surface area (Å²) in [4.78, 5) is 15.6. The largest absolute Gasteiger partial charge is 0.457 e. The van der Waals surface area contributed by atoms with Crippen LogP contribution in [-0.4, -0.2) is 26.3 Å². The molecule has 0 aliphatic heterocycles. The third kappa shape index (κ3) is 4.43. The first kappa shape index (κ1) is 15.3. The van der Waals surface area contributed by atoms with E-state index in [4.69, 9.17) is 16.3 Å². The molecule has 110 valence electrons. The standard InChI is InChI=1S/C15H16ClN3O2/c1-15(2,3)21-14(20)7-4-11-8-12(16)5-6-13(11)19-10-17-9-18-19/h4-10H,1-3H3. The van der Waals surface area contributed by atoms with Crippen molar-refractivity contribution < 1.29 is 9.53 Å². The summed E-state index contributed by atoms with van der Waals surface area (Å²) in [5.74, 6) is -0.410. The lowest BCUT2D eigenvalue weighted by molar-refractivity contribution is -0.148. The lowest BCUT2D eigenvalue weighted by Gasteiger charge is -2.18. The molecular formula is C15H16ClN3O2. The van der Waals surface area contributed by atoms with Gasteiger partial charge in [0.2, 0.25) is 0 Å². The van der Waals surface area contributed by atoms with E-state index in [0.29, 0.717) is 5.02 Å². The summed E-state index contributed by atoms with van der Waals surface area (Å²) < 4.78 is 6.83. The minimum Gasteiger partial charge on any atom is -0.457 e. The number of carbonyl (C=O) groups is 1. The van der Waals surface area contributed by atoms with Gasteiger partial charge < -0.3 is 4.74 Å². The predicted octanol–water partition coefficient (Wildman–Crippen LogP) is 3.28. The Hall–Kier alpha value is -2.14. The van der Waals surface area contributed by atoms with E-state index < -0.39 is 11.6 Å². The molecule has 2 aromatic rings. The topological polar surface area (TPSA) is 57.0 Å². The molecule has 0 saturated heterocycles. The normalized spacial score (nSPS) is 11.8. The van der Waals surface area contributed by atoms with E-state index in [1.165, 1.54) is 12.4 Å². The zero-order valence-electron chi connectivity index (χ0n) is 12.1. The number of rotatable bonds is 3. The number of aromatic nitrogens is 3. The molecule has 0 fully saturated rings. The van der Waals surface area contributed by atoms with Crippen LogP contribution in [0.1, 0.15) is 26.3 Å². The van der Waals surface area contributed by atoms with Crippen molar-refractivity contribution in [1.82, 2.24) is 14.8 Å². The van der Waals surface area contributed by atoms with Crippen molar-refractivity contribution in [2.75, 3.05) is 0 Å². The van der Waals surface area contributed by atoms with Gasteiger partial charge in [0.1, 0.15) is 18.3 Å². The van der Waals surface area contributed by atoms with Gasteiger partial charge in [-0.2, -0.15) is 5.10 Å². The maximum absolute atomic E-state index is 11.7. The van der Waals surface area contributed by atoms with Crippen molar-refractivity contribution >= 4 is 23.6 Å². The first-order valence-corrected chi connectivity index (χ1v) is 6.78. The maximum Gasteiger partial charge on any atom is 0.331 e. The average molecular weight is 306 g/mol. The highest BCUT2D eigenvalue weighted by molar-refractivity contribution is 6.30. The molecule has 5 nitrogen and oxygen atoms in total. The second-order valence-corrected chi connectivity index (χ2v) is 5.85. The summed E-state index contributed by atoms with van der Waals surface area (Å²) in [6.07, 6.45) is 6.04. The Morgan fingerprint density at radius 1 is 1.38 bits per heavy atom. The lowest BCUT2D eigenvalue weighted by atomic mass is 10.1. The summed E-state index contributed by atoms with van der Waals surface area (Å²) in [7, 11) is 0. The van der Waals surface area contributed by atoms with Crippen LogP contribution >= 0.6 is 11.6 Å². The molecule has 6 heteroatoms. The molecule has 1 aromatic heterocycles. The van der Waals surface area contributed by atoms with Gasteiger partial charge in [-0.25, -0.2) is 14.5 Å². The van der Waals surface area contributed by atoms with Crippen molar-refractivity contribution in [3.63, 3.8) is 0 Å². The minimum absolute atomic E-state index is 0.410. The SMILES string of the molecule is CC(C)(C)OC(=O)C=Cc1cc(Cl)ccc1-n1cncn1. The summed E-state index contributed by atoms with van der Waals surface area (Å²) in [6.45, 7) is 5.46. The molecule has 0 bridgehead atoms. The van der Waals surface area contributed by atoms with Crippen LogP contribution in [0.5, 0.6) is 0 Å². The number of hydrogen-bond acceptors (Lipinski definition) is 4. The van der Waals surface area contributed by atoms with Gasteiger partial charge in [0, 0.05) is 16.7 Å². The van der Waals surface area contributed by atoms with Crippen molar-refractivity contribution in [2.45, 2.75) is 26.4 Å². The summed E-state index contributed by atoms with van der Waals surface area (Å²) in [6, 6.07) is 5.31. The molecule has 0 spiro atoms. The Morgan fingerprint density at radius 2 is 2.14 bits per heavy atom. The number of hydrogen-bond donors (Lipinski definition) is 0. The van der Waals surface area contributed by atoms with Gasteiger partial charge in [0.25, 0.3) is 0 Å². The molecule has 0 radical (unpaired) electrons. The van der Waals surface area contributed by atoms with Crippen LogP contribution in [0.4, 0.5) is 0 Å². The van der Waals surface area contributed by atoms with Gasteiger partial charge in [0.05, 0.1) is 5.69 Å². The Balaban J connectivity index is 2.27. The number of esters is 1. The molecule has 1 aromatic carbocycles. The fraction of sp³-hybridized carbons (Fsp3) is 0.267. The molecule has 0 aliphatic carbocycles. The second kappa shape index (κ2) is 6.10. The Labute approximate surface area is 128 Å². The van der Waals surface area contributed by atoms with Crippen LogP contribution in [0.3, 0.4) is 0 Å². The quantitative estimate of drug-likeness (QED) is 0.645. The molecular weight excluding hydrogens is 290 g/mol. The van der Waals surface area contributed by atoms with Gasteiger partial charge in [-0.05, 0) is 45.0 Å². The van der Waals surface area contributed by atoms with E-state index in [1.54, 1.807) is 29.2 Å². The lowest BCUT2D eigenvalue weighted by Crippen LogP contribution is -2.22. The molecule has 0 aliphatic rings. The number of nitrogens with zero attached hydrogens (tertiary/aromatic N) is 3. The van der Waals surface area contributed by atoms with E-state index in [2.05, 4.69) is 10.1 Å². The van der Waals surface area contributed by atoms with Gasteiger partial charge in [-0.15, -0.1) is 0 Å². The monoisotopic (exact) mass is 305 g/mol. The van der Waals surface area contributed by atoms with Gasteiger partial charge in [0.15, 0.2) is 0 Å². The maximum atomic E-state index is 11.7. The Morgan fingerprint density at radius 3 is 2.76 bits per heavy atom. The molecule has 0 N–H and O–H groups in total. The third-order valence-electron chi connectivity index (χ3n) is 2.46. The molecule has 0 saturated carbocycles. The summed E-state index contributed by atoms with van der Waals surface area (Å²) in [5.41, 5.74) is 1.00. The predicted molar refractivity (Wildman–Crippen MR) is 81.2 cm³/mol. The fourth-order valence-corrected chi connectivity index (χ4v) is 1.87. The van der Waals surface area contributed by atoms with Gasteiger partial charge in [-0.1, -0.05) is 11.6 Å². The van der Waals surface area contributed by atoms with Crippen LogP contribution in [0, 0.1) is 0 Å². The third-order valence-corrected chi connectivity index (χ3v) is 2.70. The fourth-order valence-electron chi connectivity index (χ4n) is 1.69. The van der Waals surface area contributed by atoms with Crippen molar-refractivity contribution in [1.29, 1.82) is 0 Å². The van der Waals surface area contributed by atoms with Crippen LogP contribution in [0.2, 0.25) is 5.02 Å². The molecule has 1 heterocycles. The van der Waals surface area contributed by atoms with E-state index in [1.807, 2.05) is 26.8 Å². The number of carbonyl (C=O) groups excluding carboxylic acids is 1. The second-order valence-electron chi connectivity index (χ2n) is 5.41.